The average molecular weight is 305 g/mol. The van der Waals surface area contributed by atoms with E-state index in [-0.39, 0.29) is 12.3 Å². The zero-order valence-corrected chi connectivity index (χ0v) is 12.5. The molecule has 2 rings (SSSR count). The molecule has 0 amide bonds. The topological polar surface area (TPSA) is 80.1 Å². The fourth-order valence-corrected chi connectivity index (χ4v) is 2.59. The molecule has 110 valence electrons. The maximum absolute atomic E-state index is 11.3. The average Bonchev–Trinajstić information content (AvgIpc) is 2.83. The van der Waals surface area contributed by atoms with Crippen molar-refractivity contribution in [1.82, 2.24) is 14.8 Å². The lowest BCUT2D eigenvalue weighted by molar-refractivity contribution is 0.350. The maximum atomic E-state index is 11.3. The lowest BCUT2D eigenvalue weighted by atomic mass is 10.1. The standard InChI is InChI=1S/C14H15N3O3S/c1-17-13(19)15-16-14(17)21-9-11-8-12(20-2)6-5-10(11)4-3-7-18/h5-6,8,18H,7,9H2,1-2H3,(H,15,19). The third kappa shape index (κ3) is 3.68. The molecular weight excluding hydrogens is 290 g/mol. The monoisotopic (exact) mass is 305 g/mol. The highest BCUT2D eigenvalue weighted by Crippen LogP contribution is 2.24. The minimum Gasteiger partial charge on any atom is -0.497 e. The van der Waals surface area contributed by atoms with E-state index in [1.165, 1.54) is 16.3 Å². The number of aliphatic hydroxyl groups is 1. The number of ether oxygens (including phenoxy) is 1. The number of nitrogens with one attached hydrogen (secondary N) is 1. The molecule has 0 atom stereocenters. The number of hydrogen-bond acceptors (Lipinski definition) is 5. The van der Waals surface area contributed by atoms with E-state index in [9.17, 15) is 4.79 Å². The quantitative estimate of drug-likeness (QED) is 0.644. The summed E-state index contributed by atoms with van der Waals surface area (Å²) in [5.41, 5.74) is 1.53. The molecule has 0 bridgehead atoms. The number of thioether (sulfide) groups is 1. The number of hydrogen-bond donors (Lipinski definition) is 2. The largest absolute Gasteiger partial charge is 0.497 e. The first-order valence-corrected chi connectivity index (χ1v) is 7.15. The highest BCUT2D eigenvalue weighted by Gasteiger charge is 2.08. The first-order valence-electron chi connectivity index (χ1n) is 6.16. The molecule has 0 fully saturated rings. The summed E-state index contributed by atoms with van der Waals surface area (Å²) in [6.07, 6.45) is 0. The first-order chi connectivity index (χ1) is 10.2. The van der Waals surface area contributed by atoms with Crippen LogP contribution < -0.4 is 10.4 Å². The van der Waals surface area contributed by atoms with Crippen molar-refractivity contribution in [3.05, 3.63) is 39.8 Å². The van der Waals surface area contributed by atoms with Crippen molar-refractivity contribution in [2.75, 3.05) is 13.7 Å². The Kier molecular flexibility index (Phi) is 5.09. The van der Waals surface area contributed by atoms with E-state index in [1.807, 2.05) is 18.2 Å². The van der Waals surface area contributed by atoms with Crippen LogP contribution in [0.1, 0.15) is 11.1 Å². The summed E-state index contributed by atoms with van der Waals surface area (Å²) in [7, 11) is 3.26. The lowest BCUT2D eigenvalue weighted by Gasteiger charge is -2.07. The third-order valence-electron chi connectivity index (χ3n) is 2.81. The van der Waals surface area contributed by atoms with Crippen molar-refractivity contribution >= 4 is 11.8 Å². The molecule has 1 heterocycles. The molecule has 0 aliphatic rings. The molecule has 0 radical (unpaired) electrons. The normalized spacial score (nSPS) is 10.0. The predicted octanol–water partition coefficient (Wildman–Crippen LogP) is 0.753. The van der Waals surface area contributed by atoms with Gasteiger partial charge in [0.2, 0.25) is 0 Å². The second-order valence-electron chi connectivity index (χ2n) is 4.14. The Morgan fingerprint density at radius 1 is 1.52 bits per heavy atom. The summed E-state index contributed by atoms with van der Waals surface area (Å²) in [6.45, 7) is -0.188. The van der Waals surface area contributed by atoms with Crippen molar-refractivity contribution in [3.8, 4) is 17.6 Å². The minimum absolute atomic E-state index is 0.188. The number of aromatic nitrogens is 3. The van der Waals surface area contributed by atoms with Crippen molar-refractivity contribution in [2.24, 2.45) is 7.05 Å². The van der Waals surface area contributed by atoms with Crippen molar-refractivity contribution in [2.45, 2.75) is 10.9 Å². The summed E-state index contributed by atoms with van der Waals surface area (Å²) in [6, 6.07) is 5.56. The van der Waals surface area contributed by atoms with Crippen molar-refractivity contribution in [1.29, 1.82) is 0 Å². The summed E-state index contributed by atoms with van der Waals surface area (Å²) in [5.74, 6) is 6.86. The van der Waals surface area contributed by atoms with E-state index < -0.39 is 0 Å². The zero-order chi connectivity index (χ0) is 15.2. The van der Waals surface area contributed by atoms with Gasteiger partial charge in [-0.15, -0.1) is 5.10 Å². The molecule has 1 aromatic carbocycles. The van der Waals surface area contributed by atoms with Gasteiger partial charge in [0.1, 0.15) is 12.4 Å². The molecule has 0 spiro atoms. The maximum Gasteiger partial charge on any atom is 0.343 e. The van der Waals surface area contributed by atoms with Gasteiger partial charge in [-0.2, -0.15) is 0 Å². The van der Waals surface area contributed by atoms with E-state index >= 15 is 0 Å². The van der Waals surface area contributed by atoms with Gasteiger partial charge in [0.05, 0.1) is 7.11 Å². The number of methoxy groups -OCH3 is 1. The molecule has 7 heteroatoms. The van der Waals surface area contributed by atoms with Crippen LogP contribution in [0.2, 0.25) is 0 Å². The van der Waals surface area contributed by atoms with Gasteiger partial charge in [-0.1, -0.05) is 23.6 Å². The molecule has 2 aromatic rings. The van der Waals surface area contributed by atoms with Crippen LogP contribution in [0.4, 0.5) is 0 Å². The van der Waals surface area contributed by atoms with Crippen LogP contribution in [-0.2, 0) is 12.8 Å². The van der Waals surface area contributed by atoms with Crippen molar-refractivity contribution < 1.29 is 9.84 Å². The van der Waals surface area contributed by atoms with Gasteiger partial charge in [-0.25, -0.2) is 9.89 Å². The SMILES string of the molecule is COc1ccc(C#CCO)c(CSc2n[nH]c(=O)n2C)c1. The fraction of sp³-hybridized carbons (Fsp3) is 0.286. The highest BCUT2D eigenvalue weighted by atomic mass is 32.2. The van der Waals surface area contributed by atoms with Crippen molar-refractivity contribution in [3.63, 3.8) is 0 Å². The Bertz CT molecular complexity index is 740. The van der Waals surface area contributed by atoms with E-state index in [0.29, 0.717) is 10.9 Å². The number of rotatable bonds is 4. The fourth-order valence-electron chi connectivity index (χ4n) is 1.68. The minimum atomic E-state index is -0.247. The van der Waals surface area contributed by atoms with Gasteiger partial charge in [0, 0.05) is 18.4 Å². The van der Waals surface area contributed by atoms with Crippen LogP contribution in [0, 0.1) is 11.8 Å². The number of nitrogens with zero attached hydrogens (tertiary/aromatic N) is 2. The summed E-state index contributed by atoms with van der Waals surface area (Å²) in [4.78, 5) is 11.3. The molecule has 2 N–H and O–H groups in total. The number of benzene rings is 1. The number of aliphatic hydroxyl groups excluding tert-OH is 1. The molecule has 0 aliphatic carbocycles. The molecule has 6 nitrogen and oxygen atoms in total. The molecule has 1 aromatic heterocycles. The smallest absolute Gasteiger partial charge is 0.343 e. The van der Waals surface area contributed by atoms with E-state index in [0.717, 1.165) is 16.9 Å². The van der Waals surface area contributed by atoms with Crippen LogP contribution >= 0.6 is 11.8 Å². The van der Waals surface area contributed by atoms with Crippen LogP contribution in [0.5, 0.6) is 5.75 Å². The van der Waals surface area contributed by atoms with Gasteiger partial charge in [-0.05, 0) is 23.8 Å². The number of H-pyrrole nitrogens is 1. The van der Waals surface area contributed by atoms with Gasteiger partial charge in [-0.3, -0.25) is 4.57 Å². The molecule has 0 unspecified atom stereocenters. The van der Waals surface area contributed by atoms with Crippen LogP contribution in [0.3, 0.4) is 0 Å². The summed E-state index contributed by atoms with van der Waals surface area (Å²) >= 11 is 1.42. The summed E-state index contributed by atoms with van der Waals surface area (Å²) < 4.78 is 6.66. The zero-order valence-electron chi connectivity index (χ0n) is 11.7. The second-order valence-corrected chi connectivity index (χ2v) is 5.08. The predicted molar refractivity (Wildman–Crippen MR) is 80.3 cm³/mol. The van der Waals surface area contributed by atoms with E-state index in [2.05, 4.69) is 22.0 Å². The third-order valence-corrected chi connectivity index (χ3v) is 3.89. The van der Waals surface area contributed by atoms with E-state index in [4.69, 9.17) is 9.84 Å². The second kappa shape index (κ2) is 7.02. The molecule has 0 aliphatic heterocycles. The Morgan fingerprint density at radius 2 is 2.33 bits per heavy atom. The number of aromatic amines is 1. The first kappa shape index (κ1) is 15.2. The van der Waals surface area contributed by atoms with E-state index in [1.54, 1.807) is 14.2 Å². The van der Waals surface area contributed by atoms with Crippen LogP contribution in [0.15, 0.2) is 28.2 Å². The van der Waals surface area contributed by atoms with Gasteiger partial charge < -0.3 is 9.84 Å². The molecule has 21 heavy (non-hydrogen) atoms. The Balaban J connectivity index is 2.24. The van der Waals surface area contributed by atoms with Gasteiger partial charge in [0.25, 0.3) is 0 Å². The van der Waals surface area contributed by atoms with Gasteiger partial charge in [0.15, 0.2) is 5.16 Å². The lowest BCUT2D eigenvalue weighted by Crippen LogP contribution is -2.12. The molecular formula is C14H15N3O3S. The summed E-state index contributed by atoms with van der Waals surface area (Å²) in [5, 5.41) is 15.8. The van der Waals surface area contributed by atoms with Crippen LogP contribution in [-0.4, -0.2) is 33.6 Å². The highest BCUT2D eigenvalue weighted by molar-refractivity contribution is 7.98. The Morgan fingerprint density at radius 3 is 2.95 bits per heavy atom. The Labute approximate surface area is 126 Å². The Hall–Kier alpha value is -2.17. The molecule has 0 saturated carbocycles. The molecule has 0 saturated heterocycles. The van der Waals surface area contributed by atoms with Gasteiger partial charge >= 0.3 is 5.69 Å². The van der Waals surface area contributed by atoms with Crippen LogP contribution in [0.25, 0.3) is 0 Å².